The number of hydrogen-bond donors (Lipinski definition) is 3. The highest BCUT2D eigenvalue weighted by Crippen LogP contribution is 2.25. The highest BCUT2D eigenvalue weighted by atomic mass is 35.5. The summed E-state index contributed by atoms with van der Waals surface area (Å²) in [5.41, 5.74) is 7.35. The lowest BCUT2D eigenvalue weighted by Gasteiger charge is -2.26. The van der Waals surface area contributed by atoms with E-state index in [0.29, 0.717) is 18.9 Å². The molecule has 1 aromatic carbocycles. The fourth-order valence-electron chi connectivity index (χ4n) is 2.26. The quantitative estimate of drug-likeness (QED) is 0.743. The number of hydrogen-bond acceptors (Lipinski definition) is 4. The predicted octanol–water partition coefficient (Wildman–Crippen LogP) is 1.81. The van der Waals surface area contributed by atoms with E-state index < -0.39 is 6.04 Å². The van der Waals surface area contributed by atoms with Gasteiger partial charge in [0.15, 0.2) is 0 Å². The van der Waals surface area contributed by atoms with Crippen molar-refractivity contribution < 1.29 is 14.6 Å². The number of aryl methyl sites for hydroxylation is 1. The van der Waals surface area contributed by atoms with Crippen LogP contribution in [0.5, 0.6) is 5.75 Å². The van der Waals surface area contributed by atoms with Gasteiger partial charge in [0.05, 0.1) is 11.7 Å². The molecule has 0 spiro atoms. The van der Waals surface area contributed by atoms with E-state index in [2.05, 4.69) is 5.32 Å². The van der Waals surface area contributed by atoms with Gasteiger partial charge in [-0.05, 0) is 43.4 Å². The highest BCUT2D eigenvalue weighted by molar-refractivity contribution is 5.96. The smallest absolute Gasteiger partial charge is 0.241 e. The van der Waals surface area contributed by atoms with Gasteiger partial charge in [-0.15, -0.1) is 12.4 Å². The molecule has 4 N–H and O–H groups in total. The zero-order chi connectivity index (χ0) is 13.8. The van der Waals surface area contributed by atoms with Gasteiger partial charge in [-0.3, -0.25) is 4.79 Å². The summed E-state index contributed by atoms with van der Waals surface area (Å²) in [6.45, 7) is 3.20. The lowest BCUT2D eigenvalue weighted by Crippen LogP contribution is -2.44. The molecule has 0 aromatic heterocycles. The van der Waals surface area contributed by atoms with Crippen molar-refractivity contribution in [3.05, 3.63) is 23.8 Å². The fraction of sp³-hybridized carbons (Fsp3) is 0.500. The Bertz CT molecular complexity index is 462. The average Bonchev–Trinajstić information content (AvgIpc) is 2.43. The van der Waals surface area contributed by atoms with E-state index in [9.17, 15) is 9.90 Å². The van der Waals surface area contributed by atoms with Crippen molar-refractivity contribution in [3.63, 3.8) is 0 Å². The second kappa shape index (κ2) is 7.47. The topological polar surface area (TPSA) is 84.6 Å². The van der Waals surface area contributed by atoms with E-state index in [0.717, 1.165) is 18.4 Å². The van der Waals surface area contributed by atoms with Crippen molar-refractivity contribution >= 4 is 24.0 Å². The molecule has 2 rings (SSSR count). The first-order valence-electron chi connectivity index (χ1n) is 6.51. The van der Waals surface area contributed by atoms with E-state index in [1.54, 1.807) is 18.2 Å². The Balaban J connectivity index is 0.00000200. The Morgan fingerprint density at radius 1 is 1.45 bits per heavy atom. The number of phenolic OH excluding ortho intramolecular Hbond substituents is 1. The van der Waals surface area contributed by atoms with Gasteiger partial charge in [0.25, 0.3) is 0 Å². The van der Waals surface area contributed by atoms with E-state index in [4.69, 9.17) is 10.5 Å². The van der Waals surface area contributed by atoms with E-state index in [1.165, 1.54) is 0 Å². The second-order valence-corrected chi connectivity index (χ2v) is 4.99. The number of carbonyl (C=O) groups excluding carboxylic acids is 1. The van der Waals surface area contributed by atoms with E-state index >= 15 is 0 Å². The molecule has 20 heavy (non-hydrogen) atoms. The van der Waals surface area contributed by atoms with Crippen LogP contribution in [-0.4, -0.2) is 30.3 Å². The maximum absolute atomic E-state index is 12.1. The van der Waals surface area contributed by atoms with Crippen LogP contribution in [0.4, 0.5) is 5.69 Å². The van der Waals surface area contributed by atoms with Gasteiger partial charge in [0.1, 0.15) is 5.75 Å². The molecule has 1 heterocycles. The number of aromatic hydroxyl groups is 1. The normalized spacial score (nSPS) is 17.1. The summed E-state index contributed by atoms with van der Waals surface area (Å²) in [6, 6.07) is 4.50. The lowest BCUT2D eigenvalue weighted by atomic mass is 9.92. The summed E-state index contributed by atoms with van der Waals surface area (Å²) in [5, 5.41) is 12.4. The number of anilines is 1. The number of ether oxygens (including phenoxy) is 1. The summed E-state index contributed by atoms with van der Waals surface area (Å²) in [4.78, 5) is 12.1. The molecule has 5 nitrogen and oxygen atoms in total. The van der Waals surface area contributed by atoms with Crippen molar-refractivity contribution in [2.75, 3.05) is 18.5 Å². The van der Waals surface area contributed by atoms with Crippen LogP contribution in [0.15, 0.2) is 18.2 Å². The highest BCUT2D eigenvalue weighted by Gasteiger charge is 2.26. The molecule has 0 radical (unpaired) electrons. The number of halogens is 1. The summed E-state index contributed by atoms with van der Waals surface area (Å²) < 4.78 is 5.26. The Labute approximate surface area is 124 Å². The largest absolute Gasteiger partial charge is 0.506 e. The first kappa shape index (κ1) is 16.8. The van der Waals surface area contributed by atoms with Gasteiger partial charge in [-0.2, -0.15) is 0 Å². The van der Waals surface area contributed by atoms with Gasteiger partial charge < -0.3 is 20.9 Å². The van der Waals surface area contributed by atoms with Gasteiger partial charge in [-0.25, -0.2) is 0 Å². The monoisotopic (exact) mass is 300 g/mol. The van der Waals surface area contributed by atoms with Crippen LogP contribution < -0.4 is 11.1 Å². The van der Waals surface area contributed by atoms with Crippen molar-refractivity contribution in [1.29, 1.82) is 0 Å². The van der Waals surface area contributed by atoms with Crippen molar-refractivity contribution in [2.24, 2.45) is 11.7 Å². The standard InChI is InChI=1S/C14H20N2O3.ClH/c1-9-2-3-12(17)11(8-9)16-14(18)13(15)10-4-6-19-7-5-10;/h2-3,8,10,13,17H,4-7,15H2,1H3,(H,16,18);1H. The third kappa shape index (κ3) is 4.10. The number of nitrogens with two attached hydrogens (primary N) is 1. The minimum absolute atomic E-state index is 0. The second-order valence-electron chi connectivity index (χ2n) is 4.99. The number of nitrogens with one attached hydrogen (secondary N) is 1. The van der Waals surface area contributed by atoms with Crippen molar-refractivity contribution in [1.82, 2.24) is 0 Å². The molecular formula is C14H21ClN2O3. The maximum Gasteiger partial charge on any atom is 0.241 e. The average molecular weight is 301 g/mol. The molecule has 1 atom stereocenters. The molecule has 1 unspecified atom stereocenters. The first-order chi connectivity index (χ1) is 9.08. The third-order valence-corrected chi connectivity index (χ3v) is 3.49. The predicted molar refractivity (Wildman–Crippen MR) is 80.2 cm³/mol. The lowest BCUT2D eigenvalue weighted by molar-refractivity contribution is -0.119. The molecule has 0 aliphatic carbocycles. The first-order valence-corrected chi connectivity index (χ1v) is 6.51. The van der Waals surface area contributed by atoms with E-state index in [1.807, 2.05) is 6.92 Å². The Kier molecular flexibility index (Phi) is 6.26. The maximum atomic E-state index is 12.1. The van der Waals surface area contributed by atoms with Crippen LogP contribution in [0, 0.1) is 12.8 Å². The van der Waals surface area contributed by atoms with Crippen LogP contribution in [-0.2, 0) is 9.53 Å². The molecule has 1 aliphatic rings. The fourth-order valence-corrected chi connectivity index (χ4v) is 2.26. The molecule has 6 heteroatoms. The van der Waals surface area contributed by atoms with Crippen LogP contribution in [0.25, 0.3) is 0 Å². The SMILES string of the molecule is Cc1ccc(O)c(NC(=O)C(N)C2CCOCC2)c1.Cl. The Morgan fingerprint density at radius 2 is 2.10 bits per heavy atom. The molecule has 1 aromatic rings. The summed E-state index contributed by atoms with van der Waals surface area (Å²) in [6.07, 6.45) is 1.60. The third-order valence-electron chi connectivity index (χ3n) is 3.49. The molecule has 1 fully saturated rings. The molecule has 112 valence electrons. The Hall–Kier alpha value is -1.30. The zero-order valence-electron chi connectivity index (χ0n) is 11.5. The zero-order valence-corrected chi connectivity index (χ0v) is 12.3. The number of amides is 1. The van der Waals surface area contributed by atoms with Gasteiger partial charge in [-0.1, -0.05) is 6.07 Å². The number of benzene rings is 1. The minimum Gasteiger partial charge on any atom is -0.506 e. The van der Waals surface area contributed by atoms with Crippen LogP contribution in [0.1, 0.15) is 18.4 Å². The number of rotatable bonds is 3. The minimum atomic E-state index is -0.566. The molecule has 1 saturated heterocycles. The summed E-state index contributed by atoms with van der Waals surface area (Å²) >= 11 is 0. The molecule has 0 bridgehead atoms. The van der Waals surface area contributed by atoms with Crippen LogP contribution >= 0.6 is 12.4 Å². The van der Waals surface area contributed by atoms with Crippen LogP contribution in [0.2, 0.25) is 0 Å². The molecule has 0 saturated carbocycles. The molecular weight excluding hydrogens is 280 g/mol. The summed E-state index contributed by atoms with van der Waals surface area (Å²) in [5.74, 6) is -0.0633. The van der Waals surface area contributed by atoms with Crippen LogP contribution in [0.3, 0.4) is 0 Å². The Morgan fingerprint density at radius 3 is 2.75 bits per heavy atom. The molecule has 1 aliphatic heterocycles. The van der Waals surface area contributed by atoms with E-state index in [-0.39, 0.29) is 30.0 Å². The summed E-state index contributed by atoms with van der Waals surface area (Å²) in [7, 11) is 0. The molecule has 1 amide bonds. The van der Waals surface area contributed by atoms with Crippen molar-refractivity contribution in [2.45, 2.75) is 25.8 Å². The van der Waals surface area contributed by atoms with Gasteiger partial charge in [0.2, 0.25) is 5.91 Å². The van der Waals surface area contributed by atoms with Gasteiger partial charge >= 0.3 is 0 Å². The number of carbonyl (C=O) groups is 1. The van der Waals surface area contributed by atoms with Gasteiger partial charge in [0, 0.05) is 13.2 Å². The number of phenols is 1. The van der Waals surface area contributed by atoms with Crippen molar-refractivity contribution in [3.8, 4) is 5.75 Å².